The van der Waals surface area contributed by atoms with Crippen molar-refractivity contribution in [1.29, 1.82) is 0 Å². The van der Waals surface area contributed by atoms with Crippen molar-refractivity contribution < 1.29 is 19.4 Å². The van der Waals surface area contributed by atoms with E-state index in [9.17, 15) is 4.79 Å². The van der Waals surface area contributed by atoms with Crippen LogP contribution in [-0.4, -0.2) is 35.3 Å². The van der Waals surface area contributed by atoms with Gasteiger partial charge in [-0.3, -0.25) is 0 Å². The Morgan fingerprint density at radius 1 is 1.21 bits per heavy atom. The zero-order valence-corrected chi connectivity index (χ0v) is 10.5. The molecule has 0 aliphatic heterocycles. The highest BCUT2D eigenvalue weighted by molar-refractivity contribution is 5.84. The third-order valence-corrected chi connectivity index (χ3v) is 2.53. The first-order valence-corrected chi connectivity index (χ1v) is 5.44. The van der Waals surface area contributed by atoms with Crippen LogP contribution in [0, 0.1) is 0 Å². The van der Waals surface area contributed by atoms with E-state index < -0.39 is 5.97 Å². The summed E-state index contributed by atoms with van der Waals surface area (Å²) in [6.45, 7) is 0. The van der Waals surface area contributed by atoms with Gasteiger partial charge in [0.25, 0.3) is 0 Å². The summed E-state index contributed by atoms with van der Waals surface area (Å²) in [4.78, 5) is 18.5. The molecule has 0 saturated heterocycles. The molecule has 0 unspecified atom stereocenters. The summed E-state index contributed by atoms with van der Waals surface area (Å²) >= 11 is 0. The molecule has 6 nitrogen and oxygen atoms in total. The molecule has 0 spiro atoms. The highest BCUT2D eigenvalue weighted by Crippen LogP contribution is 2.31. The Labute approximate surface area is 109 Å². The van der Waals surface area contributed by atoms with Crippen LogP contribution in [0.3, 0.4) is 0 Å². The predicted octanol–water partition coefficient (Wildman–Crippen LogP) is 1.86. The van der Waals surface area contributed by atoms with Crippen LogP contribution >= 0.6 is 0 Å². The Balaban J connectivity index is 2.52. The summed E-state index contributed by atoms with van der Waals surface area (Å²) in [5.41, 5.74) is 1.15. The molecule has 0 amide bonds. The average molecular weight is 260 g/mol. The van der Waals surface area contributed by atoms with Crippen molar-refractivity contribution in [1.82, 2.24) is 9.97 Å². The Hall–Kier alpha value is -2.63. The van der Waals surface area contributed by atoms with E-state index in [-0.39, 0.29) is 5.82 Å². The van der Waals surface area contributed by atoms with Crippen LogP contribution in [0.1, 0.15) is 10.6 Å². The summed E-state index contributed by atoms with van der Waals surface area (Å²) in [7, 11) is 3.08. The first-order chi connectivity index (χ1) is 9.15. The van der Waals surface area contributed by atoms with E-state index in [4.69, 9.17) is 14.6 Å². The molecule has 6 heteroatoms. The molecule has 0 fully saturated rings. The summed E-state index contributed by atoms with van der Waals surface area (Å²) in [6, 6.07) is 6.83. The number of hydrogen-bond donors (Lipinski definition) is 1. The number of rotatable bonds is 4. The lowest BCUT2D eigenvalue weighted by Gasteiger charge is -2.10. The smallest absolute Gasteiger partial charge is 0.373 e. The second-order valence-corrected chi connectivity index (χ2v) is 3.64. The lowest BCUT2D eigenvalue weighted by molar-refractivity contribution is 0.0683. The van der Waals surface area contributed by atoms with E-state index >= 15 is 0 Å². The Bertz CT molecular complexity index is 613. The maximum absolute atomic E-state index is 10.9. The van der Waals surface area contributed by atoms with E-state index in [2.05, 4.69) is 9.97 Å². The quantitative estimate of drug-likeness (QED) is 0.903. The lowest BCUT2D eigenvalue weighted by Crippen LogP contribution is -2.04. The summed E-state index contributed by atoms with van der Waals surface area (Å²) < 4.78 is 10.4. The second kappa shape index (κ2) is 5.34. The van der Waals surface area contributed by atoms with Crippen molar-refractivity contribution in [2.75, 3.05) is 14.2 Å². The lowest BCUT2D eigenvalue weighted by atomic mass is 10.1. The Morgan fingerprint density at radius 2 is 2.00 bits per heavy atom. The van der Waals surface area contributed by atoms with E-state index in [1.54, 1.807) is 31.4 Å². The van der Waals surface area contributed by atoms with E-state index in [1.165, 1.54) is 13.3 Å². The molecule has 1 heterocycles. The predicted molar refractivity (Wildman–Crippen MR) is 67.5 cm³/mol. The van der Waals surface area contributed by atoms with Crippen LogP contribution in [0.2, 0.25) is 0 Å². The molecule has 1 aromatic heterocycles. The number of ether oxygens (including phenoxy) is 2. The number of carbonyl (C=O) groups is 1. The number of benzene rings is 1. The zero-order chi connectivity index (χ0) is 13.8. The standard InChI is InChI=1S/C13H12N2O4/c1-18-8-3-4-9(11(7-8)19-2)10-5-6-14-12(15-10)13(16)17/h3-7H,1-2H3,(H,16,17). The van der Waals surface area contributed by atoms with Crippen LogP contribution in [0.4, 0.5) is 0 Å². The van der Waals surface area contributed by atoms with E-state index in [0.717, 1.165) is 0 Å². The van der Waals surface area contributed by atoms with Gasteiger partial charge in [-0.1, -0.05) is 0 Å². The van der Waals surface area contributed by atoms with Gasteiger partial charge in [-0.2, -0.15) is 0 Å². The molecule has 1 aromatic carbocycles. The molecule has 98 valence electrons. The Morgan fingerprint density at radius 3 is 2.63 bits per heavy atom. The minimum Gasteiger partial charge on any atom is -0.497 e. The number of carboxylic acid groups (broad SMARTS) is 1. The second-order valence-electron chi connectivity index (χ2n) is 3.64. The van der Waals surface area contributed by atoms with Crippen molar-refractivity contribution in [3.8, 4) is 22.8 Å². The molecule has 19 heavy (non-hydrogen) atoms. The van der Waals surface area contributed by atoms with Gasteiger partial charge >= 0.3 is 5.97 Å². The van der Waals surface area contributed by atoms with Gasteiger partial charge in [-0.05, 0) is 18.2 Å². The van der Waals surface area contributed by atoms with Crippen LogP contribution < -0.4 is 9.47 Å². The van der Waals surface area contributed by atoms with Crippen molar-refractivity contribution >= 4 is 5.97 Å². The van der Waals surface area contributed by atoms with Gasteiger partial charge in [0.15, 0.2) is 0 Å². The number of aromatic carboxylic acids is 1. The fourth-order valence-electron chi connectivity index (χ4n) is 1.62. The minimum atomic E-state index is -1.17. The molecule has 2 aromatic rings. The number of aromatic nitrogens is 2. The number of nitrogens with zero attached hydrogens (tertiary/aromatic N) is 2. The van der Waals surface area contributed by atoms with Gasteiger partial charge in [0.05, 0.1) is 19.9 Å². The van der Waals surface area contributed by atoms with E-state index in [0.29, 0.717) is 22.8 Å². The highest BCUT2D eigenvalue weighted by Gasteiger charge is 2.12. The van der Waals surface area contributed by atoms with Crippen molar-refractivity contribution in [3.63, 3.8) is 0 Å². The fourth-order valence-corrected chi connectivity index (χ4v) is 1.62. The topological polar surface area (TPSA) is 81.5 Å². The first-order valence-electron chi connectivity index (χ1n) is 5.44. The number of carboxylic acids is 1. The van der Waals surface area contributed by atoms with Crippen molar-refractivity contribution in [2.24, 2.45) is 0 Å². The molecule has 0 aliphatic carbocycles. The number of hydrogen-bond acceptors (Lipinski definition) is 5. The SMILES string of the molecule is COc1ccc(-c2ccnc(C(=O)O)n2)c(OC)c1. The normalized spacial score (nSPS) is 10.0. The maximum Gasteiger partial charge on any atom is 0.373 e. The minimum absolute atomic E-state index is 0.254. The zero-order valence-electron chi connectivity index (χ0n) is 10.5. The van der Waals surface area contributed by atoms with Crippen LogP contribution in [0.15, 0.2) is 30.5 Å². The first kappa shape index (κ1) is 12.8. The van der Waals surface area contributed by atoms with Crippen molar-refractivity contribution in [2.45, 2.75) is 0 Å². The molecule has 0 atom stereocenters. The third kappa shape index (κ3) is 2.62. The molecular formula is C13H12N2O4. The molecule has 0 bridgehead atoms. The average Bonchev–Trinajstić information content (AvgIpc) is 2.46. The number of methoxy groups -OCH3 is 2. The Kier molecular flexibility index (Phi) is 3.61. The molecule has 1 N–H and O–H groups in total. The molecule has 2 rings (SSSR count). The van der Waals surface area contributed by atoms with Gasteiger partial charge in [-0.25, -0.2) is 14.8 Å². The molecule has 0 radical (unpaired) electrons. The molecule has 0 aliphatic rings. The third-order valence-electron chi connectivity index (χ3n) is 2.53. The van der Waals surface area contributed by atoms with Gasteiger partial charge in [0.2, 0.25) is 5.82 Å². The van der Waals surface area contributed by atoms with Crippen LogP contribution in [0.25, 0.3) is 11.3 Å². The van der Waals surface area contributed by atoms with E-state index in [1.807, 2.05) is 0 Å². The van der Waals surface area contributed by atoms with Crippen LogP contribution in [0.5, 0.6) is 11.5 Å². The highest BCUT2D eigenvalue weighted by atomic mass is 16.5. The summed E-state index contributed by atoms with van der Waals surface area (Å²) in [5.74, 6) is -0.229. The van der Waals surface area contributed by atoms with Gasteiger partial charge in [0.1, 0.15) is 11.5 Å². The van der Waals surface area contributed by atoms with Gasteiger partial charge < -0.3 is 14.6 Å². The fraction of sp³-hybridized carbons (Fsp3) is 0.154. The van der Waals surface area contributed by atoms with Gasteiger partial charge in [-0.15, -0.1) is 0 Å². The maximum atomic E-state index is 10.9. The van der Waals surface area contributed by atoms with Gasteiger partial charge in [0, 0.05) is 17.8 Å². The van der Waals surface area contributed by atoms with Crippen molar-refractivity contribution in [3.05, 3.63) is 36.3 Å². The molecular weight excluding hydrogens is 248 g/mol. The van der Waals surface area contributed by atoms with Crippen LogP contribution in [-0.2, 0) is 0 Å². The monoisotopic (exact) mass is 260 g/mol. The summed E-state index contributed by atoms with van der Waals surface area (Å²) in [6.07, 6.45) is 1.40. The largest absolute Gasteiger partial charge is 0.497 e. The summed E-state index contributed by atoms with van der Waals surface area (Å²) in [5, 5.41) is 8.89. The molecule has 0 saturated carbocycles.